The van der Waals surface area contributed by atoms with Crippen molar-refractivity contribution in [2.75, 3.05) is 0 Å². The van der Waals surface area contributed by atoms with E-state index in [0.29, 0.717) is 0 Å². The molecule has 0 radical (unpaired) electrons. The lowest BCUT2D eigenvalue weighted by molar-refractivity contribution is 1.23. The molecule has 64 valence electrons. The van der Waals surface area contributed by atoms with E-state index < -0.39 is 5.38 Å². The van der Waals surface area contributed by atoms with Gasteiger partial charge in [-0.05, 0) is 6.07 Å². The van der Waals surface area contributed by atoms with Crippen molar-refractivity contribution in [3.05, 3.63) is 36.0 Å². The van der Waals surface area contributed by atoms with Crippen LogP contribution in [0.3, 0.4) is 0 Å². The number of nitrogens with zero attached hydrogens (tertiary/aromatic N) is 1. The molecule has 0 bridgehead atoms. The normalized spacial score (nSPS) is 12.6. The number of alkyl halides is 1. The van der Waals surface area contributed by atoms with Gasteiger partial charge in [-0.25, -0.2) is 0 Å². The van der Waals surface area contributed by atoms with Gasteiger partial charge in [0.1, 0.15) is 5.38 Å². The molecule has 0 fully saturated rings. The highest BCUT2D eigenvalue weighted by Gasteiger charge is 2.10. The van der Waals surface area contributed by atoms with E-state index >= 15 is 0 Å². The minimum Gasteiger partial charge on any atom is -0.361 e. The van der Waals surface area contributed by atoms with Gasteiger partial charge in [0.05, 0.1) is 6.07 Å². The van der Waals surface area contributed by atoms with Crippen LogP contribution in [0.5, 0.6) is 0 Å². The van der Waals surface area contributed by atoms with Crippen molar-refractivity contribution in [1.82, 2.24) is 4.98 Å². The van der Waals surface area contributed by atoms with E-state index in [4.69, 9.17) is 16.9 Å². The fourth-order valence-electron chi connectivity index (χ4n) is 1.37. The summed E-state index contributed by atoms with van der Waals surface area (Å²) in [5.41, 5.74) is 1.86. The molecule has 2 aromatic rings. The number of nitrogens with one attached hydrogen (secondary N) is 1. The lowest BCUT2D eigenvalue weighted by Crippen LogP contribution is -1.82. The Morgan fingerprint density at radius 2 is 2.15 bits per heavy atom. The maximum atomic E-state index is 8.67. The standard InChI is InChI=1S/C10H7ClN2/c11-9(5-12)8-6-13-10-4-2-1-3-7(8)10/h1-4,6,9,13H. The van der Waals surface area contributed by atoms with Gasteiger partial charge in [-0.1, -0.05) is 18.2 Å². The van der Waals surface area contributed by atoms with Crippen molar-refractivity contribution in [2.45, 2.75) is 5.38 Å². The summed E-state index contributed by atoms with van der Waals surface area (Å²) in [5.74, 6) is 0. The smallest absolute Gasteiger partial charge is 0.147 e. The van der Waals surface area contributed by atoms with Gasteiger partial charge in [0.25, 0.3) is 0 Å². The molecule has 2 rings (SSSR count). The SMILES string of the molecule is N#CC(Cl)c1c[nH]c2ccccc12. The van der Waals surface area contributed by atoms with Crippen molar-refractivity contribution < 1.29 is 0 Å². The summed E-state index contributed by atoms with van der Waals surface area (Å²) < 4.78 is 0. The minimum atomic E-state index is -0.573. The van der Waals surface area contributed by atoms with Crippen LogP contribution in [-0.2, 0) is 0 Å². The number of nitriles is 1. The van der Waals surface area contributed by atoms with Gasteiger partial charge < -0.3 is 4.98 Å². The van der Waals surface area contributed by atoms with Crippen LogP contribution in [0.15, 0.2) is 30.5 Å². The number of hydrogen-bond donors (Lipinski definition) is 1. The lowest BCUT2D eigenvalue weighted by atomic mass is 10.1. The quantitative estimate of drug-likeness (QED) is 0.690. The minimum absolute atomic E-state index is 0.573. The summed E-state index contributed by atoms with van der Waals surface area (Å²) in [6, 6.07) is 9.79. The molecule has 1 heterocycles. The molecule has 13 heavy (non-hydrogen) atoms. The van der Waals surface area contributed by atoms with Crippen molar-refractivity contribution in [2.24, 2.45) is 0 Å². The third kappa shape index (κ3) is 1.28. The van der Waals surface area contributed by atoms with E-state index in [9.17, 15) is 0 Å². The van der Waals surface area contributed by atoms with E-state index in [-0.39, 0.29) is 0 Å². The summed E-state index contributed by atoms with van der Waals surface area (Å²) in [7, 11) is 0. The van der Waals surface area contributed by atoms with E-state index in [2.05, 4.69) is 4.98 Å². The average molecular weight is 191 g/mol. The van der Waals surface area contributed by atoms with Crippen molar-refractivity contribution in [3.63, 3.8) is 0 Å². The largest absolute Gasteiger partial charge is 0.361 e. The third-order valence-corrected chi connectivity index (χ3v) is 2.34. The Hall–Kier alpha value is -1.46. The van der Waals surface area contributed by atoms with Gasteiger partial charge in [0.15, 0.2) is 0 Å². The molecule has 2 nitrogen and oxygen atoms in total. The van der Waals surface area contributed by atoms with Crippen molar-refractivity contribution in [3.8, 4) is 6.07 Å². The monoisotopic (exact) mass is 190 g/mol. The van der Waals surface area contributed by atoms with E-state index in [0.717, 1.165) is 16.5 Å². The highest BCUT2D eigenvalue weighted by molar-refractivity contribution is 6.23. The van der Waals surface area contributed by atoms with Crippen LogP contribution < -0.4 is 0 Å². The molecule has 1 aromatic heterocycles. The lowest BCUT2D eigenvalue weighted by Gasteiger charge is -1.96. The van der Waals surface area contributed by atoms with E-state index in [1.165, 1.54) is 0 Å². The number of hydrogen-bond acceptors (Lipinski definition) is 1. The number of rotatable bonds is 1. The molecule has 0 saturated heterocycles. The zero-order chi connectivity index (χ0) is 9.26. The third-order valence-electron chi connectivity index (χ3n) is 2.01. The molecular weight excluding hydrogens is 184 g/mol. The van der Waals surface area contributed by atoms with Crippen molar-refractivity contribution in [1.29, 1.82) is 5.26 Å². The maximum absolute atomic E-state index is 8.67. The fraction of sp³-hybridized carbons (Fsp3) is 0.100. The predicted molar refractivity (Wildman–Crippen MR) is 52.5 cm³/mol. The number of benzene rings is 1. The second-order valence-electron chi connectivity index (χ2n) is 2.78. The van der Waals surface area contributed by atoms with Gasteiger partial charge in [-0.3, -0.25) is 0 Å². The molecule has 1 unspecified atom stereocenters. The molecule has 0 spiro atoms. The maximum Gasteiger partial charge on any atom is 0.147 e. The number of aromatic nitrogens is 1. The first-order valence-corrected chi connectivity index (χ1v) is 4.36. The summed E-state index contributed by atoms with van der Waals surface area (Å²) in [5, 5.41) is 9.11. The molecule has 1 aromatic carbocycles. The second kappa shape index (κ2) is 3.12. The number of H-pyrrole nitrogens is 1. The Morgan fingerprint density at radius 3 is 2.92 bits per heavy atom. The number of fused-ring (bicyclic) bond motifs is 1. The first kappa shape index (κ1) is 8.15. The summed E-state index contributed by atoms with van der Waals surface area (Å²) in [4.78, 5) is 3.07. The molecular formula is C10H7ClN2. The van der Waals surface area contributed by atoms with Crippen LogP contribution in [0.25, 0.3) is 10.9 Å². The van der Waals surface area contributed by atoms with Crippen LogP contribution in [0, 0.1) is 11.3 Å². The first-order chi connectivity index (χ1) is 6.33. The number of para-hydroxylation sites is 1. The van der Waals surface area contributed by atoms with Gasteiger partial charge >= 0.3 is 0 Å². The van der Waals surface area contributed by atoms with Crippen molar-refractivity contribution >= 4 is 22.5 Å². The number of aromatic amines is 1. The van der Waals surface area contributed by atoms with Gasteiger partial charge in [0, 0.05) is 22.7 Å². The Kier molecular flexibility index (Phi) is 1.96. The zero-order valence-electron chi connectivity index (χ0n) is 6.79. The van der Waals surface area contributed by atoms with Crippen LogP contribution in [0.2, 0.25) is 0 Å². The molecule has 1 N–H and O–H groups in total. The topological polar surface area (TPSA) is 39.6 Å². The van der Waals surface area contributed by atoms with Crippen LogP contribution in [-0.4, -0.2) is 4.98 Å². The van der Waals surface area contributed by atoms with E-state index in [1.807, 2.05) is 30.3 Å². The average Bonchev–Trinajstić information content (AvgIpc) is 2.60. The van der Waals surface area contributed by atoms with Crippen LogP contribution in [0.1, 0.15) is 10.9 Å². The zero-order valence-corrected chi connectivity index (χ0v) is 7.55. The predicted octanol–water partition coefficient (Wildman–Crippen LogP) is 2.97. The molecule has 0 aliphatic carbocycles. The Labute approximate surface area is 80.7 Å². The summed E-state index contributed by atoms with van der Waals surface area (Å²) in [6.07, 6.45) is 1.78. The fourth-order valence-corrected chi connectivity index (χ4v) is 1.55. The van der Waals surface area contributed by atoms with Gasteiger partial charge in [-0.2, -0.15) is 5.26 Å². The Morgan fingerprint density at radius 1 is 1.38 bits per heavy atom. The van der Waals surface area contributed by atoms with Gasteiger partial charge in [0.2, 0.25) is 0 Å². The summed E-state index contributed by atoms with van der Waals surface area (Å²) in [6.45, 7) is 0. The molecule has 0 saturated carbocycles. The Balaban J connectivity index is 2.66. The molecule has 1 atom stereocenters. The molecule has 0 amide bonds. The Bertz CT molecular complexity index is 467. The molecule has 0 aliphatic heterocycles. The highest BCUT2D eigenvalue weighted by atomic mass is 35.5. The second-order valence-corrected chi connectivity index (χ2v) is 3.22. The van der Waals surface area contributed by atoms with Crippen LogP contribution in [0.4, 0.5) is 0 Å². The summed E-state index contributed by atoms with van der Waals surface area (Å²) >= 11 is 5.83. The number of halogens is 1. The molecule has 3 heteroatoms. The highest BCUT2D eigenvalue weighted by Crippen LogP contribution is 2.27. The molecule has 0 aliphatic rings. The van der Waals surface area contributed by atoms with Crippen LogP contribution >= 0.6 is 11.6 Å². The first-order valence-electron chi connectivity index (χ1n) is 3.92. The van der Waals surface area contributed by atoms with Gasteiger partial charge in [-0.15, -0.1) is 11.6 Å². The van der Waals surface area contributed by atoms with E-state index in [1.54, 1.807) is 6.20 Å².